The number of hydrogen-bond acceptors (Lipinski definition) is 4. The molecule has 0 saturated carbocycles. The molecule has 0 unspecified atom stereocenters. The maximum Gasteiger partial charge on any atom is 0.354 e. The van der Waals surface area contributed by atoms with Crippen molar-refractivity contribution in [3.05, 3.63) is 23.9 Å². The standard InChI is InChI=1S/C11H14N2O4/c1-7(12-8(2)14)6-17-10-5-3-4-9(13-10)11(15)16/h3-5,7H,6H2,1-2H3,(H,12,14)(H,15,16)/t7-/m0/s1. The molecule has 0 bridgehead atoms. The number of amides is 1. The van der Waals surface area contributed by atoms with Crippen LogP contribution in [0.25, 0.3) is 0 Å². The minimum atomic E-state index is -1.11. The number of carbonyl (C=O) groups excluding carboxylic acids is 1. The van der Waals surface area contributed by atoms with Crippen LogP contribution in [0.5, 0.6) is 5.88 Å². The highest BCUT2D eigenvalue weighted by Gasteiger charge is 2.08. The van der Waals surface area contributed by atoms with Gasteiger partial charge in [0.15, 0.2) is 5.69 Å². The van der Waals surface area contributed by atoms with E-state index >= 15 is 0 Å². The summed E-state index contributed by atoms with van der Waals surface area (Å²) in [6.45, 7) is 3.43. The number of carboxylic acids is 1. The Hall–Kier alpha value is -2.11. The van der Waals surface area contributed by atoms with E-state index in [-0.39, 0.29) is 30.1 Å². The Bertz CT molecular complexity index is 420. The number of carbonyl (C=O) groups is 2. The molecule has 0 spiro atoms. The van der Waals surface area contributed by atoms with Gasteiger partial charge in [0.05, 0.1) is 6.04 Å². The van der Waals surface area contributed by atoms with E-state index in [1.807, 2.05) is 0 Å². The Balaban J connectivity index is 2.54. The van der Waals surface area contributed by atoms with Crippen molar-refractivity contribution in [2.75, 3.05) is 6.61 Å². The molecule has 1 rings (SSSR count). The molecular formula is C11H14N2O4. The largest absolute Gasteiger partial charge is 0.477 e. The summed E-state index contributed by atoms with van der Waals surface area (Å²) in [4.78, 5) is 25.2. The molecule has 2 N–H and O–H groups in total. The lowest BCUT2D eigenvalue weighted by molar-refractivity contribution is -0.119. The van der Waals surface area contributed by atoms with Crippen LogP contribution in [-0.4, -0.2) is 34.6 Å². The number of carboxylic acid groups (broad SMARTS) is 1. The Labute approximate surface area is 98.6 Å². The van der Waals surface area contributed by atoms with E-state index in [2.05, 4.69) is 10.3 Å². The summed E-state index contributed by atoms with van der Waals surface area (Å²) < 4.78 is 5.27. The highest BCUT2D eigenvalue weighted by Crippen LogP contribution is 2.07. The van der Waals surface area contributed by atoms with Gasteiger partial charge in [0.2, 0.25) is 11.8 Å². The second-order valence-corrected chi connectivity index (χ2v) is 3.58. The zero-order valence-electron chi connectivity index (χ0n) is 9.64. The molecular weight excluding hydrogens is 224 g/mol. The van der Waals surface area contributed by atoms with Crippen LogP contribution in [0.15, 0.2) is 18.2 Å². The molecule has 1 heterocycles. The molecule has 1 aromatic rings. The number of nitrogens with zero attached hydrogens (tertiary/aromatic N) is 1. The maximum absolute atomic E-state index is 10.7. The van der Waals surface area contributed by atoms with E-state index in [1.54, 1.807) is 19.1 Å². The van der Waals surface area contributed by atoms with Crippen molar-refractivity contribution in [2.45, 2.75) is 19.9 Å². The highest BCUT2D eigenvalue weighted by molar-refractivity contribution is 5.85. The van der Waals surface area contributed by atoms with Gasteiger partial charge in [0, 0.05) is 13.0 Å². The van der Waals surface area contributed by atoms with Crippen LogP contribution in [0.2, 0.25) is 0 Å². The number of aromatic nitrogens is 1. The molecule has 1 amide bonds. The predicted molar refractivity (Wildman–Crippen MR) is 60.0 cm³/mol. The summed E-state index contributed by atoms with van der Waals surface area (Å²) in [7, 11) is 0. The summed E-state index contributed by atoms with van der Waals surface area (Å²) in [5.74, 6) is -1.03. The molecule has 0 aliphatic carbocycles. The highest BCUT2D eigenvalue weighted by atomic mass is 16.5. The van der Waals surface area contributed by atoms with E-state index < -0.39 is 5.97 Å². The number of nitrogens with one attached hydrogen (secondary N) is 1. The summed E-state index contributed by atoms with van der Waals surface area (Å²) in [5, 5.41) is 11.4. The molecule has 17 heavy (non-hydrogen) atoms. The fourth-order valence-corrected chi connectivity index (χ4v) is 1.21. The Kier molecular flexibility index (Phi) is 4.45. The SMILES string of the molecule is CC(=O)N[C@@H](C)COc1cccc(C(=O)O)n1. The van der Waals surface area contributed by atoms with Crippen molar-refractivity contribution < 1.29 is 19.4 Å². The number of rotatable bonds is 5. The molecule has 6 heteroatoms. The van der Waals surface area contributed by atoms with Crippen LogP contribution in [0, 0.1) is 0 Å². The Morgan fingerprint density at radius 1 is 1.53 bits per heavy atom. The fourth-order valence-electron chi connectivity index (χ4n) is 1.21. The average molecular weight is 238 g/mol. The third-order valence-corrected chi connectivity index (χ3v) is 1.87. The second kappa shape index (κ2) is 5.83. The van der Waals surface area contributed by atoms with Gasteiger partial charge in [-0.1, -0.05) is 6.07 Å². The van der Waals surface area contributed by atoms with Crippen molar-refractivity contribution in [3.63, 3.8) is 0 Å². The predicted octanol–water partition coefficient (Wildman–Crippen LogP) is 0.683. The number of hydrogen-bond donors (Lipinski definition) is 2. The average Bonchev–Trinajstić information content (AvgIpc) is 2.26. The van der Waals surface area contributed by atoms with Crippen LogP contribution in [0.3, 0.4) is 0 Å². The molecule has 6 nitrogen and oxygen atoms in total. The van der Waals surface area contributed by atoms with E-state index in [0.717, 1.165) is 0 Å². The van der Waals surface area contributed by atoms with Crippen LogP contribution >= 0.6 is 0 Å². The lowest BCUT2D eigenvalue weighted by Gasteiger charge is -2.13. The van der Waals surface area contributed by atoms with Crippen molar-refractivity contribution in [1.82, 2.24) is 10.3 Å². The van der Waals surface area contributed by atoms with Gasteiger partial charge >= 0.3 is 5.97 Å². The summed E-state index contributed by atoms with van der Waals surface area (Å²) in [5.41, 5.74) is -0.0744. The quantitative estimate of drug-likeness (QED) is 0.787. The number of aromatic carboxylic acids is 1. The number of ether oxygens (including phenoxy) is 1. The zero-order valence-corrected chi connectivity index (χ0v) is 9.64. The van der Waals surface area contributed by atoms with Gasteiger partial charge in [-0.15, -0.1) is 0 Å². The molecule has 0 aliphatic heterocycles. The first-order chi connectivity index (χ1) is 7.99. The number of pyridine rings is 1. The summed E-state index contributed by atoms with van der Waals surface area (Å²) >= 11 is 0. The van der Waals surface area contributed by atoms with E-state index in [4.69, 9.17) is 9.84 Å². The van der Waals surface area contributed by atoms with Gasteiger partial charge in [0.25, 0.3) is 0 Å². The van der Waals surface area contributed by atoms with Gasteiger partial charge < -0.3 is 15.2 Å². The Morgan fingerprint density at radius 3 is 2.82 bits per heavy atom. The summed E-state index contributed by atoms with van der Waals surface area (Å²) in [6, 6.07) is 4.33. The van der Waals surface area contributed by atoms with E-state index in [1.165, 1.54) is 13.0 Å². The first kappa shape index (κ1) is 13.0. The minimum Gasteiger partial charge on any atom is -0.477 e. The monoisotopic (exact) mass is 238 g/mol. The lowest BCUT2D eigenvalue weighted by Crippen LogP contribution is -2.35. The smallest absolute Gasteiger partial charge is 0.354 e. The van der Waals surface area contributed by atoms with E-state index in [0.29, 0.717) is 0 Å². The van der Waals surface area contributed by atoms with Gasteiger partial charge in [0.1, 0.15) is 6.61 Å². The van der Waals surface area contributed by atoms with Crippen molar-refractivity contribution >= 4 is 11.9 Å². The third-order valence-electron chi connectivity index (χ3n) is 1.87. The van der Waals surface area contributed by atoms with Crippen molar-refractivity contribution in [1.29, 1.82) is 0 Å². The molecule has 1 aromatic heterocycles. The van der Waals surface area contributed by atoms with E-state index in [9.17, 15) is 9.59 Å². The normalized spacial score (nSPS) is 11.6. The molecule has 0 saturated heterocycles. The molecule has 1 atom stereocenters. The third kappa shape index (κ3) is 4.50. The maximum atomic E-state index is 10.7. The molecule has 0 aromatic carbocycles. The van der Waals surface area contributed by atoms with Crippen LogP contribution < -0.4 is 10.1 Å². The minimum absolute atomic E-state index is 0.0744. The first-order valence-electron chi connectivity index (χ1n) is 5.09. The Morgan fingerprint density at radius 2 is 2.24 bits per heavy atom. The van der Waals surface area contributed by atoms with Crippen LogP contribution in [-0.2, 0) is 4.79 Å². The zero-order chi connectivity index (χ0) is 12.8. The van der Waals surface area contributed by atoms with Gasteiger partial charge in [-0.05, 0) is 13.0 Å². The summed E-state index contributed by atoms with van der Waals surface area (Å²) in [6.07, 6.45) is 0. The fraction of sp³-hybridized carbons (Fsp3) is 0.364. The van der Waals surface area contributed by atoms with Gasteiger partial charge in [-0.3, -0.25) is 4.79 Å². The van der Waals surface area contributed by atoms with Crippen molar-refractivity contribution in [3.8, 4) is 5.88 Å². The van der Waals surface area contributed by atoms with Crippen molar-refractivity contribution in [2.24, 2.45) is 0 Å². The second-order valence-electron chi connectivity index (χ2n) is 3.58. The first-order valence-corrected chi connectivity index (χ1v) is 5.09. The van der Waals surface area contributed by atoms with Crippen LogP contribution in [0.4, 0.5) is 0 Å². The van der Waals surface area contributed by atoms with Gasteiger partial charge in [-0.25, -0.2) is 9.78 Å². The van der Waals surface area contributed by atoms with Crippen LogP contribution in [0.1, 0.15) is 24.3 Å². The molecule has 0 fully saturated rings. The molecule has 92 valence electrons. The topological polar surface area (TPSA) is 88.5 Å². The lowest BCUT2D eigenvalue weighted by atomic mass is 10.3. The van der Waals surface area contributed by atoms with Gasteiger partial charge in [-0.2, -0.15) is 0 Å². The molecule has 0 radical (unpaired) electrons. The molecule has 0 aliphatic rings.